The van der Waals surface area contributed by atoms with Gasteiger partial charge in [-0.25, -0.2) is 4.98 Å². The van der Waals surface area contributed by atoms with Crippen molar-refractivity contribution in [2.24, 2.45) is 0 Å². The van der Waals surface area contributed by atoms with Gasteiger partial charge in [0.15, 0.2) is 0 Å². The molecule has 0 aliphatic carbocycles. The Hall–Kier alpha value is -0.790. The second-order valence-corrected chi connectivity index (χ2v) is 3.86. The third kappa shape index (κ3) is 9.51. The quantitative estimate of drug-likeness (QED) is 0.641. The largest absolute Gasteiger partial charge is 0.338 e. The maximum atomic E-state index is 3.90. The van der Waals surface area contributed by atoms with E-state index in [1.54, 1.807) is 6.20 Å². The fourth-order valence-electron chi connectivity index (χ4n) is 1.35. The van der Waals surface area contributed by atoms with Gasteiger partial charge in [-0.05, 0) is 6.42 Å². The molecule has 0 bridgehead atoms. The van der Waals surface area contributed by atoms with Crippen LogP contribution in [-0.4, -0.2) is 9.55 Å². The van der Waals surface area contributed by atoms with Crippen LogP contribution in [0.3, 0.4) is 0 Å². The molecule has 0 atom stereocenters. The molecular formula is C13H26N2. The van der Waals surface area contributed by atoms with Crippen molar-refractivity contribution in [1.82, 2.24) is 9.55 Å². The molecule has 2 heteroatoms. The number of nitrogens with zero attached hydrogens (tertiary/aromatic N) is 2. The van der Waals surface area contributed by atoms with Crippen molar-refractivity contribution in [3.8, 4) is 0 Å². The number of hydrogen-bond donors (Lipinski definition) is 0. The Bertz CT molecular complexity index is 188. The van der Waals surface area contributed by atoms with Crippen LogP contribution in [0.25, 0.3) is 0 Å². The molecule has 0 spiro atoms. The molecule has 88 valence electrons. The summed E-state index contributed by atoms with van der Waals surface area (Å²) in [5.74, 6) is 0. The minimum absolute atomic E-state index is 1.08. The van der Waals surface area contributed by atoms with Crippen LogP contribution >= 0.6 is 0 Å². The molecule has 0 amide bonds. The first kappa shape index (κ1) is 14.2. The molecule has 1 aromatic heterocycles. The molecule has 0 saturated heterocycles. The lowest BCUT2D eigenvalue weighted by molar-refractivity contribution is 0.656. The predicted molar refractivity (Wildman–Crippen MR) is 67.0 cm³/mol. The number of rotatable bonds is 6. The van der Waals surface area contributed by atoms with E-state index in [2.05, 4.69) is 30.3 Å². The maximum Gasteiger partial charge on any atom is 0.0945 e. The average molecular weight is 210 g/mol. The molecule has 0 aromatic carbocycles. The molecule has 1 aromatic rings. The summed E-state index contributed by atoms with van der Waals surface area (Å²) in [7, 11) is 0. The van der Waals surface area contributed by atoms with Gasteiger partial charge in [-0.3, -0.25) is 0 Å². The average Bonchev–Trinajstić information content (AvgIpc) is 2.73. The fraction of sp³-hybridized carbons (Fsp3) is 0.769. The molecule has 1 heterocycles. The van der Waals surface area contributed by atoms with Gasteiger partial charge < -0.3 is 4.57 Å². The van der Waals surface area contributed by atoms with Gasteiger partial charge in [0, 0.05) is 18.9 Å². The minimum atomic E-state index is 1.08. The van der Waals surface area contributed by atoms with Crippen LogP contribution in [0.1, 0.15) is 59.3 Å². The zero-order valence-electron chi connectivity index (χ0n) is 10.6. The molecule has 0 fully saturated rings. The first-order valence-electron chi connectivity index (χ1n) is 6.30. The van der Waals surface area contributed by atoms with Gasteiger partial charge in [0.25, 0.3) is 0 Å². The van der Waals surface area contributed by atoms with Crippen LogP contribution in [0.4, 0.5) is 0 Å². The summed E-state index contributed by atoms with van der Waals surface area (Å²) in [5, 5.41) is 0. The lowest BCUT2D eigenvalue weighted by atomic mass is 10.2. The normalized spacial score (nSPS) is 9.53. The van der Waals surface area contributed by atoms with E-state index in [0.29, 0.717) is 0 Å². The van der Waals surface area contributed by atoms with E-state index in [9.17, 15) is 0 Å². The number of hydrogen-bond acceptors (Lipinski definition) is 1. The molecule has 0 N–H and O–H groups in total. The van der Waals surface area contributed by atoms with Crippen LogP contribution < -0.4 is 0 Å². The third-order valence-electron chi connectivity index (χ3n) is 2.25. The van der Waals surface area contributed by atoms with Crippen LogP contribution in [0.5, 0.6) is 0 Å². The zero-order valence-corrected chi connectivity index (χ0v) is 10.6. The Labute approximate surface area is 94.7 Å². The fourth-order valence-corrected chi connectivity index (χ4v) is 1.35. The van der Waals surface area contributed by atoms with E-state index in [1.807, 2.05) is 12.5 Å². The van der Waals surface area contributed by atoms with Crippen LogP contribution in [0.2, 0.25) is 0 Å². The maximum absolute atomic E-state index is 3.90. The molecule has 15 heavy (non-hydrogen) atoms. The Morgan fingerprint density at radius 2 is 1.60 bits per heavy atom. The van der Waals surface area contributed by atoms with E-state index >= 15 is 0 Å². The summed E-state index contributed by atoms with van der Waals surface area (Å²) in [6.45, 7) is 7.73. The lowest BCUT2D eigenvalue weighted by Gasteiger charge is -1.93. The molecule has 1 rings (SSSR count). The first-order valence-corrected chi connectivity index (χ1v) is 6.30. The van der Waals surface area contributed by atoms with Crippen molar-refractivity contribution in [3.63, 3.8) is 0 Å². The van der Waals surface area contributed by atoms with Gasteiger partial charge >= 0.3 is 0 Å². The lowest BCUT2D eigenvalue weighted by Crippen LogP contribution is -1.90. The molecule has 0 radical (unpaired) electrons. The van der Waals surface area contributed by atoms with E-state index in [4.69, 9.17) is 0 Å². The van der Waals surface area contributed by atoms with Crippen molar-refractivity contribution in [1.29, 1.82) is 0 Å². The Kier molecular flexibility index (Phi) is 10.7. The third-order valence-corrected chi connectivity index (χ3v) is 2.25. The summed E-state index contributed by atoms with van der Waals surface area (Å²) in [6, 6.07) is 0. The van der Waals surface area contributed by atoms with Crippen LogP contribution in [0.15, 0.2) is 18.7 Å². The number of aryl methyl sites for hydroxylation is 1. The second-order valence-electron chi connectivity index (χ2n) is 3.86. The van der Waals surface area contributed by atoms with E-state index < -0.39 is 0 Å². The number of imidazole rings is 1. The number of aromatic nitrogens is 2. The van der Waals surface area contributed by atoms with Crippen molar-refractivity contribution < 1.29 is 0 Å². The van der Waals surface area contributed by atoms with E-state index in [-0.39, 0.29) is 0 Å². The SMILES string of the molecule is CCCCCCC.CCCn1ccnc1. The number of unbranched alkanes of at least 4 members (excludes halogenated alkanes) is 4. The molecule has 0 saturated carbocycles. The van der Waals surface area contributed by atoms with Gasteiger partial charge in [0.2, 0.25) is 0 Å². The summed E-state index contributed by atoms with van der Waals surface area (Å²) in [4.78, 5) is 3.90. The first-order chi connectivity index (χ1) is 7.35. The van der Waals surface area contributed by atoms with Crippen LogP contribution in [-0.2, 0) is 6.54 Å². The van der Waals surface area contributed by atoms with Gasteiger partial charge in [-0.15, -0.1) is 0 Å². The smallest absolute Gasteiger partial charge is 0.0945 e. The van der Waals surface area contributed by atoms with E-state index in [1.165, 1.54) is 38.5 Å². The monoisotopic (exact) mass is 210 g/mol. The Morgan fingerprint density at radius 1 is 0.933 bits per heavy atom. The van der Waals surface area contributed by atoms with Gasteiger partial charge in [-0.2, -0.15) is 0 Å². The van der Waals surface area contributed by atoms with Gasteiger partial charge in [0.1, 0.15) is 0 Å². The Balaban J connectivity index is 0.000000265. The highest BCUT2D eigenvalue weighted by Crippen LogP contribution is 2.00. The second kappa shape index (κ2) is 11.3. The topological polar surface area (TPSA) is 17.8 Å². The standard InChI is InChI=1S/C7H16.C6H10N2/c1-3-5-7-6-4-2;1-2-4-8-5-3-7-6-8/h3-7H2,1-2H3;3,5-6H,2,4H2,1H3. The van der Waals surface area contributed by atoms with E-state index in [0.717, 1.165) is 6.54 Å². The summed E-state index contributed by atoms with van der Waals surface area (Å²) < 4.78 is 2.07. The van der Waals surface area contributed by atoms with Crippen molar-refractivity contribution >= 4 is 0 Å². The van der Waals surface area contributed by atoms with Crippen LogP contribution in [0, 0.1) is 0 Å². The highest BCUT2D eigenvalue weighted by molar-refractivity contribution is 4.73. The summed E-state index contributed by atoms with van der Waals surface area (Å²) in [6.07, 6.45) is 13.8. The van der Waals surface area contributed by atoms with Crippen molar-refractivity contribution in [3.05, 3.63) is 18.7 Å². The Morgan fingerprint density at radius 3 is 2.00 bits per heavy atom. The van der Waals surface area contributed by atoms with Gasteiger partial charge in [-0.1, -0.05) is 52.9 Å². The molecule has 0 aliphatic heterocycles. The van der Waals surface area contributed by atoms with Crippen molar-refractivity contribution in [2.75, 3.05) is 0 Å². The molecule has 2 nitrogen and oxygen atoms in total. The highest BCUT2D eigenvalue weighted by atomic mass is 15.0. The molecule has 0 aliphatic rings. The predicted octanol–water partition coefficient (Wildman–Crippen LogP) is 4.27. The summed E-state index contributed by atoms with van der Waals surface area (Å²) >= 11 is 0. The van der Waals surface area contributed by atoms with Gasteiger partial charge in [0.05, 0.1) is 6.33 Å². The minimum Gasteiger partial charge on any atom is -0.338 e. The summed E-state index contributed by atoms with van der Waals surface area (Å²) in [5.41, 5.74) is 0. The molecular weight excluding hydrogens is 184 g/mol. The zero-order chi connectivity index (χ0) is 11.4. The molecule has 0 unspecified atom stereocenters. The highest BCUT2D eigenvalue weighted by Gasteiger charge is 1.82. The van der Waals surface area contributed by atoms with Crippen molar-refractivity contribution in [2.45, 2.75) is 65.8 Å².